The monoisotopic (exact) mass is 486 g/mol. The number of anilines is 1. The quantitative estimate of drug-likeness (QED) is 0.396. The Morgan fingerprint density at radius 3 is 2.63 bits per heavy atom. The number of amides is 1. The number of aromatic amines is 1. The number of benzene rings is 3. The normalized spacial score (nSPS) is 13.9. The van der Waals surface area contributed by atoms with Crippen molar-refractivity contribution in [2.75, 3.05) is 10.8 Å². The Bertz CT molecular complexity index is 1460. The third kappa shape index (κ3) is 4.44. The molecule has 178 valence electrons. The first kappa shape index (κ1) is 22.9. The summed E-state index contributed by atoms with van der Waals surface area (Å²) >= 11 is 0. The third-order valence-electron chi connectivity index (χ3n) is 6.25. The first-order chi connectivity index (χ1) is 17.0. The van der Waals surface area contributed by atoms with Crippen LogP contribution in [-0.2, 0) is 16.4 Å². The number of carbonyl (C=O) groups is 1. The number of H-pyrrole nitrogens is 1. The highest BCUT2D eigenvalue weighted by atomic mass is 32.2. The maximum atomic E-state index is 13.4. The van der Waals surface area contributed by atoms with Crippen molar-refractivity contribution >= 4 is 21.6 Å². The lowest BCUT2D eigenvalue weighted by Crippen LogP contribution is -2.31. The summed E-state index contributed by atoms with van der Waals surface area (Å²) in [6.45, 7) is 2.35. The van der Waals surface area contributed by atoms with Gasteiger partial charge in [0.15, 0.2) is 0 Å². The second-order valence-corrected chi connectivity index (χ2v) is 10.3. The molecule has 7 nitrogen and oxygen atoms in total. The molecule has 2 heterocycles. The molecule has 35 heavy (non-hydrogen) atoms. The zero-order valence-electron chi connectivity index (χ0n) is 19.3. The SMILES string of the molecule is CCC(NC(=O)c1cccc(S(=O)(=O)N2CCc3ccccc32)c1)c1ncc(-c2ccccc2)[nH]1. The summed E-state index contributed by atoms with van der Waals surface area (Å²) < 4.78 is 28.2. The number of aromatic nitrogens is 2. The van der Waals surface area contributed by atoms with Gasteiger partial charge in [-0.1, -0.05) is 61.5 Å². The maximum absolute atomic E-state index is 13.4. The van der Waals surface area contributed by atoms with Crippen LogP contribution in [0.5, 0.6) is 0 Å². The predicted molar refractivity (Wildman–Crippen MR) is 136 cm³/mol. The van der Waals surface area contributed by atoms with Gasteiger partial charge in [0.25, 0.3) is 15.9 Å². The smallest absolute Gasteiger partial charge is 0.264 e. The molecule has 0 aliphatic carbocycles. The van der Waals surface area contributed by atoms with Gasteiger partial charge in [0.2, 0.25) is 0 Å². The van der Waals surface area contributed by atoms with Crippen LogP contribution in [0.1, 0.15) is 41.1 Å². The van der Waals surface area contributed by atoms with Crippen LogP contribution in [0.25, 0.3) is 11.3 Å². The molecule has 1 aromatic heterocycles. The number of nitrogens with zero attached hydrogens (tertiary/aromatic N) is 2. The maximum Gasteiger partial charge on any atom is 0.264 e. The average molecular weight is 487 g/mol. The summed E-state index contributed by atoms with van der Waals surface area (Å²) in [5, 5.41) is 2.99. The van der Waals surface area contributed by atoms with Crippen LogP contribution in [0.4, 0.5) is 5.69 Å². The van der Waals surface area contributed by atoms with E-state index >= 15 is 0 Å². The van der Waals surface area contributed by atoms with Gasteiger partial charge in [-0.15, -0.1) is 0 Å². The van der Waals surface area contributed by atoms with E-state index in [1.165, 1.54) is 16.4 Å². The first-order valence-electron chi connectivity index (χ1n) is 11.6. The molecule has 1 unspecified atom stereocenters. The average Bonchev–Trinajstić information content (AvgIpc) is 3.56. The van der Waals surface area contributed by atoms with Crippen LogP contribution in [0.15, 0.2) is 90.0 Å². The first-order valence-corrected chi connectivity index (χ1v) is 13.0. The number of hydrogen-bond acceptors (Lipinski definition) is 4. The number of hydrogen-bond donors (Lipinski definition) is 2. The highest BCUT2D eigenvalue weighted by molar-refractivity contribution is 7.92. The van der Waals surface area contributed by atoms with E-state index in [2.05, 4.69) is 15.3 Å². The van der Waals surface area contributed by atoms with Crippen LogP contribution in [-0.4, -0.2) is 30.8 Å². The van der Waals surface area contributed by atoms with Gasteiger partial charge in [-0.25, -0.2) is 13.4 Å². The van der Waals surface area contributed by atoms with Crippen molar-refractivity contribution < 1.29 is 13.2 Å². The van der Waals surface area contributed by atoms with E-state index in [0.29, 0.717) is 30.9 Å². The van der Waals surface area contributed by atoms with Gasteiger partial charge < -0.3 is 10.3 Å². The number of nitrogens with one attached hydrogen (secondary N) is 2. The molecule has 1 atom stereocenters. The van der Waals surface area contributed by atoms with E-state index in [0.717, 1.165) is 16.8 Å². The number of imidazole rings is 1. The highest BCUT2D eigenvalue weighted by Gasteiger charge is 2.31. The lowest BCUT2D eigenvalue weighted by Gasteiger charge is -2.20. The van der Waals surface area contributed by atoms with Gasteiger partial charge in [0.1, 0.15) is 5.82 Å². The molecule has 0 fully saturated rings. The fourth-order valence-electron chi connectivity index (χ4n) is 4.37. The molecule has 0 spiro atoms. The summed E-state index contributed by atoms with van der Waals surface area (Å²) in [7, 11) is -3.79. The van der Waals surface area contributed by atoms with E-state index in [9.17, 15) is 13.2 Å². The van der Waals surface area contributed by atoms with Crippen molar-refractivity contribution in [3.63, 3.8) is 0 Å². The lowest BCUT2D eigenvalue weighted by molar-refractivity contribution is 0.0933. The van der Waals surface area contributed by atoms with E-state index in [-0.39, 0.29) is 22.4 Å². The molecule has 3 aromatic carbocycles. The minimum Gasteiger partial charge on any atom is -0.342 e. The van der Waals surface area contributed by atoms with Crippen LogP contribution in [0, 0.1) is 0 Å². The molecule has 8 heteroatoms. The largest absolute Gasteiger partial charge is 0.342 e. The Labute approximate surface area is 204 Å². The number of sulfonamides is 1. The molecule has 0 radical (unpaired) electrons. The molecule has 0 saturated heterocycles. The van der Waals surface area contributed by atoms with Crippen molar-refractivity contribution in [3.05, 3.63) is 102 Å². The van der Waals surface area contributed by atoms with Crippen molar-refractivity contribution in [2.45, 2.75) is 30.7 Å². The Kier molecular flexibility index (Phi) is 6.13. The fourth-order valence-corrected chi connectivity index (χ4v) is 5.92. The molecule has 1 aliphatic rings. The Hall–Kier alpha value is -3.91. The van der Waals surface area contributed by atoms with Gasteiger partial charge >= 0.3 is 0 Å². The molecule has 1 amide bonds. The summed E-state index contributed by atoms with van der Waals surface area (Å²) in [5.41, 5.74) is 3.86. The fraction of sp³-hybridized carbons (Fsp3) is 0.185. The third-order valence-corrected chi connectivity index (χ3v) is 8.06. The Morgan fingerprint density at radius 2 is 1.83 bits per heavy atom. The van der Waals surface area contributed by atoms with Crippen LogP contribution in [0.3, 0.4) is 0 Å². The van der Waals surface area contributed by atoms with Crippen molar-refractivity contribution in [1.82, 2.24) is 15.3 Å². The van der Waals surface area contributed by atoms with Crippen molar-refractivity contribution in [1.29, 1.82) is 0 Å². The van der Waals surface area contributed by atoms with Crippen LogP contribution in [0.2, 0.25) is 0 Å². The number of carbonyl (C=O) groups excluding carboxylic acids is 1. The van der Waals surface area contributed by atoms with Gasteiger partial charge in [-0.3, -0.25) is 9.10 Å². The summed E-state index contributed by atoms with van der Waals surface area (Å²) in [6, 6.07) is 23.2. The Morgan fingerprint density at radius 1 is 1.06 bits per heavy atom. The number of rotatable bonds is 7. The second kappa shape index (κ2) is 9.38. The lowest BCUT2D eigenvalue weighted by atomic mass is 10.1. The van der Waals surface area contributed by atoms with Gasteiger partial charge in [-0.05, 0) is 48.2 Å². The molecule has 2 N–H and O–H groups in total. The van der Waals surface area contributed by atoms with E-state index in [4.69, 9.17) is 0 Å². The molecular weight excluding hydrogens is 460 g/mol. The molecule has 1 aliphatic heterocycles. The standard InChI is InChI=1S/C27H26N4O3S/c1-2-23(26-28-18-24(29-26)19-9-4-3-5-10-19)30-27(32)21-12-8-13-22(17-21)35(33,34)31-16-15-20-11-6-7-14-25(20)31/h3-14,17-18,23H,2,15-16H2,1H3,(H,28,29)(H,30,32). The second-order valence-electron chi connectivity index (χ2n) is 8.47. The summed E-state index contributed by atoms with van der Waals surface area (Å²) in [5.74, 6) is 0.297. The van der Waals surface area contributed by atoms with E-state index in [1.54, 1.807) is 18.3 Å². The van der Waals surface area contributed by atoms with Gasteiger partial charge in [-0.2, -0.15) is 0 Å². The minimum atomic E-state index is -3.79. The zero-order chi connectivity index (χ0) is 24.4. The minimum absolute atomic E-state index is 0.0965. The molecular formula is C27H26N4O3S. The molecule has 5 rings (SSSR count). The van der Waals surface area contributed by atoms with Gasteiger partial charge in [0.05, 0.1) is 28.5 Å². The van der Waals surface area contributed by atoms with Crippen LogP contribution >= 0.6 is 0 Å². The predicted octanol–water partition coefficient (Wildman–Crippen LogP) is 4.71. The number of fused-ring (bicyclic) bond motifs is 1. The molecule has 4 aromatic rings. The van der Waals surface area contributed by atoms with Crippen molar-refractivity contribution in [2.24, 2.45) is 0 Å². The van der Waals surface area contributed by atoms with Crippen LogP contribution < -0.4 is 9.62 Å². The summed E-state index contributed by atoms with van der Waals surface area (Å²) in [4.78, 5) is 21.0. The highest BCUT2D eigenvalue weighted by Crippen LogP contribution is 2.33. The van der Waals surface area contributed by atoms with E-state index in [1.807, 2.05) is 61.5 Å². The molecule has 0 saturated carbocycles. The topological polar surface area (TPSA) is 95.2 Å². The number of para-hydroxylation sites is 1. The molecule has 0 bridgehead atoms. The van der Waals surface area contributed by atoms with Crippen molar-refractivity contribution in [3.8, 4) is 11.3 Å². The van der Waals surface area contributed by atoms with Gasteiger partial charge in [0, 0.05) is 12.1 Å². The van der Waals surface area contributed by atoms with E-state index < -0.39 is 10.0 Å². The summed E-state index contributed by atoms with van der Waals surface area (Å²) in [6.07, 6.45) is 3.04. The Balaban J connectivity index is 1.36. The zero-order valence-corrected chi connectivity index (χ0v) is 20.1.